The highest BCUT2D eigenvalue weighted by atomic mass is 35.5. The lowest BCUT2D eigenvalue weighted by Gasteiger charge is -2.34. The first kappa shape index (κ1) is 32.9. The van der Waals surface area contributed by atoms with Gasteiger partial charge in [-0.15, -0.1) is 0 Å². The topological polar surface area (TPSA) is 96.0 Å². The number of nitrogens with zero attached hydrogens (tertiary/aromatic N) is 2. The number of carbonyl (C=O) groups is 2. The number of sulfonamides is 1. The van der Waals surface area contributed by atoms with Crippen LogP contribution in [0.3, 0.4) is 0 Å². The van der Waals surface area contributed by atoms with E-state index in [0.29, 0.717) is 22.9 Å². The molecule has 1 atom stereocenters. The van der Waals surface area contributed by atoms with Crippen molar-refractivity contribution in [1.82, 2.24) is 10.2 Å². The minimum Gasteiger partial charge on any atom is -0.494 e. The highest BCUT2D eigenvalue weighted by Crippen LogP contribution is 2.27. The monoisotopic (exact) mass is 617 g/mol. The number of amides is 2. The third kappa shape index (κ3) is 8.69. The van der Waals surface area contributed by atoms with E-state index in [9.17, 15) is 22.4 Å². The van der Waals surface area contributed by atoms with E-state index in [4.69, 9.17) is 16.3 Å². The molecule has 0 fully saturated rings. The molecular formula is C31H37ClFN3O5S. The zero-order valence-corrected chi connectivity index (χ0v) is 26.0. The quantitative estimate of drug-likeness (QED) is 0.277. The predicted molar refractivity (Wildman–Crippen MR) is 163 cm³/mol. The number of benzene rings is 3. The van der Waals surface area contributed by atoms with E-state index in [2.05, 4.69) is 5.32 Å². The Balaban J connectivity index is 2.07. The molecule has 0 aliphatic rings. The van der Waals surface area contributed by atoms with Gasteiger partial charge in [0.15, 0.2) is 0 Å². The molecule has 0 unspecified atom stereocenters. The highest BCUT2D eigenvalue weighted by Gasteiger charge is 2.34. The highest BCUT2D eigenvalue weighted by molar-refractivity contribution is 7.92. The van der Waals surface area contributed by atoms with Gasteiger partial charge in [0.1, 0.15) is 24.2 Å². The third-order valence-electron chi connectivity index (χ3n) is 6.27. The Hall–Kier alpha value is -3.63. The summed E-state index contributed by atoms with van der Waals surface area (Å²) in [6.07, 6.45) is 0.287. The van der Waals surface area contributed by atoms with Crippen LogP contribution >= 0.6 is 11.6 Å². The number of hydrogen-bond acceptors (Lipinski definition) is 5. The summed E-state index contributed by atoms with van der Waals surface area (Å²) in [7, 11) is -4.32. The lowest BCUT2D eigenvalue weighted by Crippen LogP contribution is -2.55. The summed E-state index contributed by atoms with van der Waals surface area (Å²) in [5.74, 6) is -1.02. The van der Waals surface area contributed by atoms with Crippen LogP contribution in [0.5, 0.6) is 5.75 Å². The van der Waals surface area contributed by atoms with Gasteiger partial charge in [0, 0.05) is 17.1 Å². The molecule has 226 valence electrons. The summed E-state index contributed by atoms with van der Waals surface area (Å²) in [5.41, 5.74) is 0.360. The first-order chi connectivity index (χ1) is 19.7. The fraction of sp³-hybridized carbons (Fsp3) is 0.355. The summed E-state index contributed by atoms with van der Waals surface area (Å²) >= 11 is 6.06. The van der Waals surface area contributed by atoms with Gasteiger partial charge in [-0.3, -0.25) is 13.9 Å². The van der Waals surface area contributed by atoms with Crippen LogP contribution in [0.1, 0.15) is 46.6 Å². The van der Waals surface area contributed by atoms with Crippen LogP contribution in [0.15, 0.2) is 77.7 Å². The summed E-state index contributed by atoms with van der Waals surface area (Å²) in [6, 6.07) is 16.6. The fourth-order valence-electron chi connectivity index (χ4n) is 4.30. The first-order valence-electron chi connectivity index (χ1n) is 13.6. The molecule has 0 saturated heterocycles. The second-order valence-electron chi connectivity index (χ2n) is 10.7. The van der Waals surface area contributed by atoms with E-state index < -0.39 is 39.9 Å². The van der Waals surface area contributed by atoms with Gasteiger partial charge >= 0.3 is 0 Å². The minimum absolute atomic E-state index is 0.0415. The number of rotatable bonds is 12. The van der Waals surface area contributed by atoms with Crippen molar-refractivity contribution in [3.63, 3.8) is 0 Å². The smallest absolute Gasteiger partial charge is 0.264 e. The molecule has 3 aromatic carbocycles. The summed E-state index contributed by atoms with van der Waals surface area (Å²) in [4.78, 5) is 28.7. The van der Waals surface area contributed by atoms with Gasteiger partial charge in [-0.05, 0) is 100 Å². The minimum atomic E-state index is -4.32. The van der Waals surface area contributed by atoms with Gasteiger partial charge in [-0.25, -0.2) is 12.8 Å². The molecule has 0 heterocycles. The summed E-state index contributed by atoms with van der Waals surface area (Å²) in [5, 5.41) is 3.44. The predicted octanol–water partition coefficient (Wildman–Crippen LogP) is 5.80. The Morgan fingerprint density at radius 2 is 1.55 bits per heavy atom. The number of nitrogens with one attached hydrogen (secondary N) is 1. The largest absolute Gasteiger partial charge is 0.494 e. The van der Waals surface area contributed by atoms with Crippen LogP contribution in [0, 0.1) is 5.82 Å². The summed E-state index contributed by atoms with van der Waals surface area (Å²) < 4.78 is 47.9. The number of halogens is 2. The van der Waals surface area contributed by atoms with E-state index in [1.165, 1.54) is 17.0 Å². The molecule has 1 N–H and O–H groups in total. The lowest BCUT2D eigenvalue weighted by atomic mass is 10.1. The normalized spacial score (nSPS) is 12.4. The van der Waals surface area contributed by atoms with E-state index in [1.807, 2.05) is 27.7 Å². The maximum atomic E-state index is 14.1. The van der Waals surface area contributed by atoms with Crippen LogP contribution in [0.4, 0.5) is 10.1 Å². The third-order valence-corrected chi connectivity index (χ3v) is 8.31. The van der Waals surface area contributed by atoms with Crippen LogP contribution in [-0.4, -0.2) is 49.9 Å². The molecule has 3 aromatic rings. The van der Waals surface area contributed by atoms with Crippen molar-refractivity contribution < 1.29 is 27.1 Å². The Labute approximate surface area is 252 Å². The lowest BCUT2D eigenvalue weighted by molar-refractivity contribution is -0.141. The van der Waals surface area contributed by atoms with Gasteiger partial charge in [0.05, 0.1) is 17.2 Å². The molecule has 42 heavy (non-hydrogen) atoms. The van der Waals surface area contributed by atoms with Crippen molar-refractivity contribution in [3.8, 4) is 5.75 Å². The fourth-order valence-corrected chi connectivity index (χ4v) is 5.84. The SMILES string of the molecule is CCOc1ccc(N(CC(=O)N(Cc2ccc(Cl)cc2)[C@@H](CC)C(=O)NC(C)(C)C)S(=O)(=O)c2ccc(F)cc2)cc1. The van der Waals surface area contributed by atoms with Crippen molar-refractivity contribution in [3.05, 3.63) is 89.2 Å². The van der Waals surface area contributed by atoms with Crippen LogP contribution in [-0.2, 0) is 26.2 Å². The molecule has 0 bridgehead atoms. The molecule has 0 aromatic heterocycles. The van der Waals surface area contributed by atoms with Crippen LogP contribution in [0.2, 0.25) is 5.02 Å². The number of ether oxygens (including phenoxy) is 1. The second-order valence-corrected chi connectivity index (χ2v) is 13.0. The second kappa shape index (κ2) is 14.0. The van der Waals surface area contributed by atoms with Gasteiger partial charge in [-0.2, -0.15) is 0 Å². The molecule has 0 aliphatic carbocycles. The maximum absolute atomic E-state index is 14.1. The van der Waals surface area contributed by atoms with E-state index >= 15 is 0 Å². The van der Waals surface area contributed by atoms with E-state index in [-0.39, 0.29) is 29.5 Å². The first-order valence-corrected chi connectivity index (χ1v) is 15.4. The van der Waals surface area contributed by atoms with E-state index in [0.717, 1.165) is 28.6 Å². The molecular weight excluding hydrogens is 581 g/mol. The molecule has 0 radical (unpaired) electrons. The van der Waals surface area contributed by atoms with Crippen molar-refractivity contribution in [2.45, 2.75) is 64.1 Å². The van der Waals surface area contributed by atoms with Crippen molar-refractivity contribution in [2.75, 3.05) is 17.5 Å². The molecule has 8 nitrogen and oxygen atoms in total. The average molecular weight is 618 g/mol. The van der Waals surface area contributed by atoms with Crippen LogP contribution in [0.25, 0.3) is 0 Å². The molecule has 2 amide bonds. The number of anilines is 1. The molecule has 0 saturated carbocycles. The van der Waals surface area contributed by atoms with Gasteiger partial charge in [0.25, 0.3) is 10.0 Å². The van der Waals surface area contributed by atoms with Gasteiger partial charge < -0.3 is 15.0 Å². The zero-order chi connectivity index (χ0) is 31.1. The Kier molecular flexibility index (Phi) is 11.0. The molecule has 3 rings (SSSR count). The van der Waals surface area contributed by atoms with Crippen molar-refractivity contribution >= 4 is 39.1 Å². The van der Waals surface area contributed by atoms with Gasteiger partial charge in [0.2, 0.25) is 11.8 Å². The number of carbonyl (C=O) groups excluding carboxylic acids is 2. The van der Waals surface area contributed by atoms with Crippen molar-refractivity contribution in [2.24, 2.45) is 0 Å². The van der Waals surface area contributed by atoms with Crippen molar-refractivity contribution in [1.29, 1.82) is 0 Å². The Morgan fingerprint density at radius 1 is 0.952 bits per heavy atom. The molecule has 11 heteroatoms. The standard InChI is InChI=1S/C31H37ClFN3O5S/c1-6-28(30(38)34-31(3,4)5)35(20-22-8-10-23(32)11-9-22)29(37)21-36(25-14-16-26(17-15-25)41-7-2)42(39,40)27-18-12-24(33)13-19-27/h8-19,28H,6-7,20-21H2,1-5H3,(H,34,38)/t28-/m0/s1. The van der Waals surface area contributed by atoms with Crippen LogP contribution < -0.4 is 14.4 Å². The summed E-state index contributed by atoms with van der Waals surface area (Å²) in [6.45, 7) is 8.98. The number of hydrogen-bond donors (Lipinski definition) is 1. The molecule has 0 aliphatic heterocycles. The average Bonchev–Trinajstić information content (AvgIpc) is 2.92. The van der Waals surface area contributed by atoms with E-state index in [1.54, 1.807) is 43.3 Å². The Morgan fingerprint density at radius 3 is 2.07 bits per heavy atom. The Bertz CT molecular complexity index is 1460. The van der Waals surface area contributed by atoms with Gasteiger partial charge in [-0.1, -0.05) is 30.7 Å². The maximum Gasteiger partial charge on any atom is 0.264 e. The zero-order valence-electron chi connectivity index (χ0n) is 24.4. The molecule has 0 spiro atoms.